The largest absolute Gasteiger partial charge is 0.379 e. The van der Waals surface area contributed by atoms with E-state index < -0.39 is 10.0 Å². The Hall–Kier alpha value is -1.22. The number of anilines is 1. The first kappa shape index (κ1) is 20.1. The van der Waals surface area contributed by atoms with Crippen molar-refractivity contribution in [3.05, 3.63) is 24.3 Å². The van der Waals surface area contributed by atoms with Gasteiger partial charge in [0.05, 0.1) is 18.1 Å². The molecule has 6 nitrogen and oxygen atoms in total. The van der Waals surface area contributed by atoms with E-state index in [1.165, 1.54) is 4.31 Å². The van der Waals surface area contributed by atoms with E-state index in [1.807, 2.05) is 0 Å². The van der Waals surface area contributed by atoms with Gasteiger partial charge in [0, 0.05) is 31.9 Å². The third kappa shape index (κ3) is 5.37. The minimum Gasteiger partial charge on any atom is -0.379 e. The molecule has 0 aliphatic carbocycles. The molecule has 0 atom stereocenters. The fourth-order valence-electron chi connectivity index (χ4n) is 2.70. The number of hydrogen-bond donors (Lipinski definition) is 1. The molecule has 1 aromatic rings. The highest BCUT2D eigenvalue weighted by Gasteiger charge is 2.26. The van der Waals surface area contributed by atoms with Crippen LogP contribution in [0.1, 0.15) is 26.7 Å². The molecule has 8 heteroatoms. The topological polar surface area (TPSA) is 61.9 Å². The van der Waals surface area contributed by atoms with E-state index >= 15 is 0 Å². The van der Waals surface area contributed by atoms with Crippen molar-refractivity contribution in [2.75, 3.05) is 44.7 Å². The summed E-state index contributed by atoms with van der Waals surface area (Å²) in [4.78, 5) is 2.43. The molecule has 25 heavy (non-hydrogen) atoms. The van der Waals surface area contributed by atoms with Crippen molar-refractivity contribution in [3.63, 3.8) is 0 Å². The number of nitrogens with zero attached hydrogens (tertiary/aromatic N) is 2. The fraction of sp³-hybridized carbons (Fsp3) is 0.588. The number of sulfonamides is 1. The van der Waals surface area contributed by atoms with Gasteiger partial charge in [-0.1, -0.05) is 13.8 Å². The summed E-state index contributed by atoms with van der Waals surface area (Å²) in [6.07, 6.45) is 2.05. The highest BCUT2D eigenvalue weighted by Crippen LogP contribution is 2.19. The van der Waals surface area contributed by atoms with Crippen molar-refractivity contribution in [3.8, 4) is 0 Å². The Morgan fingerprint density at radius 1 is 1.16 bits per heavy atom. The average Bonchev–Trinajstić information content (AvgIpc) is 2.62. The summed E-state index contributed by atoms with van der Waals surface area (Å²) in [5.74, 6) is 0. The highest BCUT2D eigenvalue weighted by molar-refractivity contribution is 7.89. The molecule has 1 saturated heterocycles. The summed E-state index contributed by atoms with van der Waals surface area (Å²) in [5, 5.41) is 3.87. The summed E-state index contributed by atoms with van der Waals surface area (Å²) < 4.78 is 31.9. The van der Waals surface area contributed by atoms with Crippen LogP contribution in [0.15, 0.2) is 29.2 Å². The molecular weight excluding hydrogens is 358 g/mol. The second-order valence-corrected chi connectivity index (χ2v) is 8.28. The third-order valence-electron chi connectivity index (χ3n) is 3.99. The van der Waals surface area contributed by atoms with Crippen LogP contribution in [0.5, 0.6) is 0 Å². The lowest BCUT2D eigenvalue weighted by atomic mass is 10.3. The smallest absolute Gasteiger partial charge is 0.243 e. The highest BCUT2D eigenvalue weighted by atomic mass is 32.2. The van der Waals surface area contributed by atoms with Gasteiger partial charge in [-0.3, -0.25) is 0 Å². The average molecular weight is 386 g/mol. The lowest BCUT2D eigenvalue weighted by Gasteiger charge is -2.26. The third-order valence-corrected chi connectivity index (χ3v) is 6.26. The molecule has 0 unspecified atom stereocenters. The molecule has 0 bridgehead atoms. The molecule has 0 radical (unpaired) electrons. The number of thiocarbonyl (C=S) groups is 1. The monoisotopic (exact) mass is 385 g/mol. The van der Waals surface area contributed by atoms with Crippen molar-refractivity contribution in [2.24, 2.45) is 0 Å². The zero-order valence-corrected chi connectivity index (χ0v) is 16.5. The minimum absolute atomic E-state index is 0.296. The summed E-state index contributed by atoms with van der Waals surface area (Å²) in [5.41, 5.74) is 0.795. The van der Waals surface area contributed by atoms with Gasteiger partial charge in [-0.05, 0) is 49.3 Å². The Kier molecular flexibility index (Phi) is 7.61. The van der Waals surface area contributed by atoms with E-state index in [1.54, 1.807) is 24.3 Å². The van der Waals surface area contributed by atoms with E-state index in [0.29, 0.717) is 36.3 Å². The molecule has 1 N–H and O–H groups in total. The summed E-state index contributed by atoms with van der Waals surface area (Å²) in [6, 6.07) is 6.77. The molecule has 0 amide bonds. The molecule has 140 valence electrons. The molecule has 1 fully saturated rings. The molecule has 2 rings (SSSR count). The van der Waals surface area contributed by atoms with Gasteiger partial charge >= 0.3 is 0 Å². The molecule has 0 spiro atoms. The predicted octanol–water partition coefficient (Wildman–Crippen LogP) is 2.53. The predicted molar refractivity (Wildman–Crippen MR) is 104 cm³/mol. The van der Waals surface area contributed by atoms with Gasteiger partial charge in [-0.2, -0.15) is 4.31 Å². The molecule has 1 aromatic carbocycles. The van der Waals surface area contributed by atoms with E-state index in [-0.39, 0.29) is 0 Å². The standard InChI is InChI=1S/C17H27N3O3S2/c1-3-9-19(10-4-2)17(24)18-15-5-7-16(8-6-15)25(21,22)20-11-13-23-14-12-20/h5-8H,3-4,9-14H2,1-2H3,(H,18,24). The number of benzene rings is 1. The Morgan fingerprint density at radius 3 is 2.24 bits per heavy atom. The SMILES string of the molecule is CCCN(CCC)C(=S)Nc1ccc(S(=O)(=O)N2CCOCC2)cc1. The second kappa shape index (κ2) is 9.47. The Bertz CT molecular complexity index is 650. The number of hydrogen-bond acceptors (Lipinski definition) is 4. The van der Waals surface area contributed by atoms with Gasteiger partial charge in [0.15, 0.2) is 5.11 Å². The Morgan fingerprint density at radius 2 is 1.72 bits per heavy atom. The molecule has 1 heterocycles. The Labute approximate surface area is 156 Å². The maximum atomic E-state index is 12.6. The number of morpholine rings is 1. The first-order chi connectivity index (χ1) is 12.0. The summed E-state index contributed by atoms with van der Waals surface area (Å²) in [7, 11) is -3.46. The van der Waals surface area contributed by atoms with E-state index in [9.17, 15) is 8.42 Å². The van der Waals surface area contributed by atoms with Gasteiger partial charge < -0.3 is 15.0 Å². The minimum atomic E-state index is -3.46. The van der Waals surface area contributed by atoms with Crippen LogP contribution in [-0.4, -0.2) is 62.1 Å². The molecule has 1 aliphatic heterocycles. The number of ether oxygens (including phenoxy) is 1. The number of nitrogens with one attached hydrogen (secondary N) is 1. The van der Waals surface area contributed by atoms with Crippen LogP contribution in [0.3, 0.4) is 0 Å². The van der Waals surface area contributed by atoms with Crippen LogP contribution in [-0.2, 0) is 14.8 Å². The Balaban J connectivity index is 2.05. The molecule has 0 aromatic heterocycles. The van der Waals surface area contributed by atoms with Crippen molar-refractivity contribution >= 4 is 33.0 Å². The van der Waals surface area contributed by atoms with Gasteiger partial charge in [0.2, 0.25) is 10.0 Å². The molecular formula is C17H27N3O3S2. The zero-order chi connectivity index (χ0) is 18.3. The van der Waals surface area contributed by atoms with E-state index in [2.05, 4.69) is 24.1 Å². The van der Waals surface area contributed by atoms with Crippen molar-refractivity contribution < 1.29 is 13.2 Å². The second-order valence-electron chi connectivity index (χ2n) is 5.96. The quantitative estimate of drug-likeness (QED) is 0.728. The first-order valence-corrected chi connectivity index (χ1v) is 10.6. The van der Waals surface area contributed by atoms with Crippen LogP contribution in [0.25, 0.3) is 0 Å². The zero-order valence-electron chi connectivity index (χ0n) is 14.9. The molecule has 0 saturated carbocycles. The first-order valence-electron chi connectivity index (χ1n) is 8.73. The maximum absolute atomic E-state index is 12.6. The maximum Gasteiger partial charge on any atom is 0.243 e. The van der Waals surface area contributed by atoms with Gasteiger partial charge in [-0.25, -0.2) is 8.42 Å². The van der Waals surface area contributed by atoms with Crippen LogP contribution in [0.4, 0.5) is 5.69 Å². The summed E-state index contributed by atoms with van der Waals surface area (Å²) >= 11 is 5.47. The van der Waals surface area contributed by atoms with Crippen LogP contribution >= 0.6 is 12.2 Å². The van der Waals surface area contributed by atoms with Crippen molar-refractivity contribution in [1.29, 1.82) is 0 Å². The van der Waals surface area contributed by atoms with Crippen LogP contribution in [0, 0.1) is 0 Å². The van der Waals surface area contributed by atoms with Gasteiger partial charge in [0.1, 0.15) is 0 Å². The van der Waals surface area contributed by atoms with Crippen LogP contribution < -0.4 is 5.32 Å². The molecule has 1 aliphatic rings. The fourth-order valence-corrected chi connectivity index (χ4v) is 4.41. The van der Waals surface area contributed by atoms with Crippen molar-refractivity contribution in [2.45, 2.75) is 31.6 Å². The lowest BCUT2D eigenvalue weighted by Crippen LogP contribution is -2.40. The van der Waals surface area contributed by atoms with E-state index in [0.717, 1.165) is 31.6 Å². The van der Waals surface area contributed by atoms with Crippen LogP contribution in [0.2, 0.25) is 0 Å². The van der Waals surface area contributed by atoms with E-state index in [4.69, 9.17) is 17.0 Å². The number of rotatable bonds is 7. The van der Waals surface area contributed by atoms with Gasteiger partial charge in [-0.15, -0.1) is 0 Å². The lowest BCUT2D eigenvalue weighted by molar-refractivity contribution is 0.0730. The normalized spacial score (nSPS) is 15.8. The summed E-state index contributed by atoms with van der Waals surface area (Å²) in [6.45, 7) is 7.74. The van der Waals surface area contributed by atoms with Gasteiger partial charge in [0.25, 0.3) is 0 Å². The van der Waals surface area contributed by atoms with Crippen molar-refractivity contribution in [1.82, 2.24) is 9.21 Å².